The molecule has 130 valence electrons. The van der Waals surface area contributed by atoms with Crippen molar-refractivity contribution < 1.29 is 19.0 Å². The van der Waals surface area contributed by atoms with Gasteiger partial charge in [0.25, 0.3) is 0 Å². The molecule has 0 radical (unpaired) electrons. The number of esters is 1. The summed E-state index contributed by atoms with van der Waals surface area (Å²) in [5.41, 5.74) is 3.00. The third-order valence-corrected chi connectivity index (χ3v) is 3.58. The molecular formula is C21H22O4. The fourth-order valence-electron chi connectivity index (χ4n) is 2.31. The monoisotopic (exact) mass is 338 g/mol. The van der Waals surface area contributed by atoms with E-state index in [0.717, 1.165) is 28.2 Å². The molecule has 0 amide bonds. The predicted octanol–water partition coefficient (Wildman–Crippen LogP) is 4.25. The molecule has 2 aromatic rings. The number of carbonyl (C=O) groups excluding carboxylic acids is 1. The minimum absolute atomic E-state index is 0.358. The summed E-state index contributed by atoms with van der Waals surface area (Å²) >= 11 is 0. The van der Waals surface area contributed by atoms with Gasteiger partial charge in [0.15, 0.2) is 0 Å². The fourth-order valence-corrected chi connectivity index (χ4v) is 2.31. The molecule has 0 spiro atoms. The van der Waals surface area contributed by atoms with Gasteiger partial charge in [-0.3, -0.25) is 0 Å². The summed E-state index contributed by atoms with van der Waals surface area (Å²) in [6.07, 6.45) is 5.00. The zero-order chi connectivity index (χ0) is 18.1. The first-order valence-corrected chi connectivity index (χ1v) is 8.02. The van der Waals surface area contributed by atoms with E-state index in [-0.39, 0.29) is 5.97 Å². The highest BCUT2D eigenvalue weighted by molar-refractivity contribution is 5.85. The molecule has 0 aliphatic carbocycles. The van der Waals surface area contributed by atoms with E-state index in [1.807, 2.05) is 54.6 Å². The van der Waals surface area contributed by atoms with Crippen LogP contribution in [-0.4, -0.2) is 26.8 Å². The van der Waals surface area contributed by atoms with Crippen LogP contribution in [0.3, 0.4) is 0 Å². The standard InChI is InChI=1S/C21H22O4/c1-4-25-21(22)7-5-6-20(16-8-12-18(23-2)13-9-16)17-10-14-19(24-3)15-11-17/h5-15H,4H2,1-3H3/b7-5+. The number of hydrogen-bond acceptors (Lipinski definition) is 4. The topological polar surface area (TPSA) is 44.8 Å². The lowest BCUT2D eigenvalue weighted by molar-refractivity contribution is -0.137. The fraction of sp³-hybridized carbons (Fsp3) is 0.190. The van der Waals surface area contributed by atoms with E-state index < -0.39 is 0 Å². The zero-order valence-corrected chi connectivity index (χ0v) is 14.7. The third kappa shape index (κ3) is 5.24. The van der Waals surface area contributed by atoms with Crippen LogP contribution in [0.1, 0.15) is 18.1 Å². The maximum Gasteiger partial charge on any atom is 0.330 e. The van der Waals surface area contributed by atoms with Gasteiger partial charge in [0, 0.05) is 6.08 Å². The molecule has 4 heteroatoms. The Morgan fingerprint density at radius 1 is 0.880 bits per heavy atom. The molecule has 2 rings (SSSR count). The quantitative estimate of drug-likeness (QED) is 0.430. The summed E-state index contributed by atoms with van der Waals surface area (Å²) in [6.45, 7) is 2.14. The van der Waals surface area contributed by atoms with Gasteiger partial charge in [0.2, 0.25) is 0 Å². The minimum Gasteiger partial charge on any atom is -0.497 e. The second-order valence-electron chi connectivity index (χ2n) is 5.15. The van der Waals surface area contributed by atoms with Gasteiger partial charge < -0.3 is 14.2 Å². The SMILES string of the molecule is CCOC(=O)/C=C/C=C(c1ccc(OC)cc1)c1ccc(OC)cc1. The Hall–Kier alpha value is -3.01. The van der Waals surface area contributed by atoms with Crippen LogP contribution in [0.15, 0.2) is 66.8 Å². The minimum atomic E-state index is -0.359. The smallest absolute Gasteiger partial charge is 0.330 e. The molecule has 0 N–H and O–H groups in total. The number of methoxy groups -OCH3 is 2. The molecule has 0 saturated carbocycles. The highest BCUT2D eigenvalue weighted by Crippen LogP contribution is 2.27. The largest absolute Gasteiger partial charge is 0.497 e. The first kappa shape index (κ1) is 18.3. The Labute approximate surface area is 148 Å². The Morgan fingerprint density at radius 2 is 1.36 bits per heavy atom. The van der Waals surface area contributed by atoms with Gasteiger partial charge >= 0.3 is 5.97 Å². The van der Waals surface area contributed by atoms with E-state index in [2.05, 4.69) is 0 Å². The van der Waals surface area contributed by atoms with Gasteiger partial charge in [-0.1, -0.05) is 36.4 Å². The lowest BCUT2D eigenvalue weighted by atomic mass is 9.97. The number of benzene rings is 2. The van der Waals surface area contributed by atoms with E-state index in [4.69, 9.17) is 14.2 Å². The van der Waals surface area contributed by atoms with Crippen molar-refractivity contribution in [1.82, 2.24) is 0 Å². The molecule has 0 aliphatic heterocycles. The van der Waals surface area contributed by atoms with Crippen LogP contribution in [0.4, 0.5) is 0 Å². The van der Waals surface area contributed by atoms with Crippen molar-refractivity contribution in [2.45, 2.75) is 6.92 Å². The van der Waals surface area contributed by atoms with Gasteiger partial charge in [-0.2, -0.15) is 0 Å². The predicted molar refractivity (Wildman–Crippen MR) is 98.8 cm³/mol. The number of allylic oxidation sites excluding steroid dienone is 2. The van der Waals surface area contributed by atoms with E-state index >= 15 is 0 Å². The van der Waals surface area contributed by atoms with Crippen molar-refractivity contribution in [3.63, 3.8) is 0 Å². The van der Waals surface area contributed by atoms with Gasteiger partial charge in [-0.25, -0.2) is 4.79 Å². The summed E-state index contributed by atoms with van der Waals surface area (Å²) < 4.78 is 15.3. The molecule has 0 bridgehead atoms. The first-order valence-electron chi connectivity index (χ1n) is 8.02. The molecule has 2 aromatic carbocycles. The molecule has 25 heavy (non-hydrogen) atoms. The molecule has 0 aromatic heterocycles. The first-order chi connectivity index (χ1) is 12.2. The second kappa shape index (κ2) is 9.33. The summed E-state index contributed by atoms with van der Waals surface area (Å²) in [7, 11) is 3.27. The lowest BCUT2D eigenvalue weighted by Gasteiger charge is -2.10. The Morgan fingerprint density at radius 3 is 1.76 bits per heavy atom. The van der Waals surface area contributed by atoms with Crippen molar-refractivity contribution in [2.24, 2.45) is 0 Å². The van der Waals surface area contributed by atoms with Crippen LogP contribution in [0.5, 0.6) is 11.5 Å². The van der Waals surface area contributed by atoms with E-state index in [1.165, 1.54) is 6.08 Å². The van der Waals surface area contributed by atoms with Gasteiger partial charge in [0.1, 0.15) is 11.5 Å². The molecule has 0 atom stereocenters. The van der Waals surface area contributed by atoms with Crippen LogP contribution >= 0.6 is 0 Å². The number of rotatable bonds is 7. The van der Waals surface area contributed by atoms with Crippen molar-refractivity contribution in [3.8, 4) is 11.5 Å². The molecule has 0 aliphatic rings. The zero-order valence-electron chi connectivity index (χ0n) is 14.7. The summed E-state index contributed by atoms with van der Waals surface area (Å²) in [4.78, 5) is 11.5. The van der Waals surface area contributed by atoms with Gasteiger partial charge in [-0.05, 0) is 47.9 Å². The Bertz CT molecular complexity index is 691. The van der Waals surface area contributed by atoms with Crippen LogP contribution in [-0.2, 0) is 9.53 Å². The highest BCUT2D eigenvalue weighted by Gasteiger charge is 2.05. The van der Waals surface area contributed by atoms with E-state index in [0.29, 0.717) is 6.61 Å². The van der Waals surface area contributed by atoms with E-state index in [1.54, 1.807) is 27.2 Å². The lowest BCUT2D eigenvalue weighted by Crippen LogP contribution is -1.98. The van der Waals surface area contributed by atoms with Crippen molar-refractivity contribution >= 4 is 11.5 Å². The molecule has 0 saturated heterocycles. The Balaban J connectivity index is 2.36. The van der Waals surface area contributed by atoms with E-state index in [9.17, 15) is 4.79 Å². The maximum absolute atomic E-state index is 11.5. The Kier molecular flexibility index (Phi) is 6.84. The molecule has 0 fully saturated rings. The maximum atomic E-state index is 11.5. The highest BCUT2D eigenvalue weighted by atomic mass is 16.5. The van der Waals surface area contributed by atoms with Crippen LogP contribution < -0.4 is 9.47 Å². The molecular weight excluding hydrogens is 316 g/mol. The molecule has 0 heterocycles. The van der Waals surface area contributed by atoms with Gasteiger partial charge in [0.05, 0.1) is 20.8 Å². The van der Waals surface area contributed by atoms with Crippen LogP contribution in [0, 0.1) is 0 Å². The average molecular weight is 338 g/mol. The second-order valence-corrected chi connectivity index (χ2v) is 5.15. The summed E-state index contributed by atoms with van der Waals surface area (Å²) in [5.74, 6) is 1.22. The van der Waals surface area contributed by atoms with Crippen LogP contribution in [0.25, 0.3) is 5.57 Å². The third-order valence-electron chi connectivity index (χ3n) is 3.58. The van der Waals surface area contributed by atoms with Crippen LogP contribution in [0.2, 0.25) is 0 Å². The van der Waals surface area contributed by atoms with Crippen molar-refractivity contribution in [2.75, 3.05) is 20.8 Å². The number of carbonyl (C=O) groups is 1. The normalized spacial score (nSPS) is 10.4. The summed E-state index contributed by atoms with van der Waals surface area (Å²) in [6, 6.07) is 15.5. The van der Waals surface area contributed by atoms with Crippen molar-refractivity contribution in [3.05, 3.63) is 77.9 Å². The average Bonchev–Trinajstić information content (AvgIpc) is 2.66. The molecule has 0 unspecified atom stereocenters. The molecule has 4 nitrogen and oxygen atoms in total. The number of hydrogen-bond donors (Lipinski definition) is 0. The summed E-state index contributed by atoms with van der Waals surface area (Å²) in [5, 5.41) is 0. The number of ether oxygens (including phenoxy) is 3. The van der Waals surface area contributed by atoms with Gasteiger partial charge in [-0.15, -0.1) is 0 Å². The van der Waals surface area contributed by atoms with Crippen molar-refractivity contribution in [1.29, 1.82) is 0 Å².